The van der Waals surface area contributed by atoms with E-state index in [-0.39, 0.29) is 18.2 Å². The summed E-state index contributed by atoms with van der Waals surface area (Å²) in [4.78, 5) is 15.1. The monoisotopic (exact) mass is 352 g/mol. The van der Waals surface area contributed by atoms with Crippen LogP contribution in [0.1, 0.15) is 41.9 Å². The van der Waals surface area contributed by atoms with Crippen LogP contribution in [0.15, 0.2) is 48.5 Å². The molecule has 0 unspecified atom stereocenters. The van der Waals surface area contributed by atoms with E-state index >= 15 is 0 Å². The van der Waals surface area contributed by atoms with Gasteiger partial charge in [-0.3, -0.25) is 4.79 Å². The van der Waals surface area contributed by atoms with Gasteiger partial charge in [0.2, 0.25) is 0 Å². The summed E-state index contributed by atoms with van der Waals surface area (Å²) in [5, 5.41) is 3.53. The topological polar surface area (TPSA) is 50.8 Å². The van der Waals surface area contributed by atoms with E-state index in [0.29, 0.717) is 18.7 Å². The van der Waals surface area contributed by atoms with Crippen LogP contribution >= 0.6 is 0 Å². The van der Waals surface area contributed by atoms with Crippen molar-refractivity contribution in [3.63, 3.8) is 0 Å². The number of carbonyl (C=O) groups excluding carboxylic acids is 1. The summed E-state index contributed by atoms with van der Waals surface area (Å²) in [5.41, 5.74) is 2.63. The second-order valence-corrected chi connectivity index (χ2v) is 6.69. The first-order valence-electron chi connectivity index (χ1n) is 9.27. The zero-order valence-electron chi connectivity index (χ0n) is 15.0. The molecule has 0 bridgehead atoms. The first kappa shape index (κ1) is 16.9. The molecular formula is C21H24N2O3. The summed E-state index contributed by atoms with van der Waals surface area (Å²) in [5.74, 6) is 0.887. The third-order valence-electron chi connectivity index (χ3n) is 4.95. The first-order valence-corrected chi connectivity index (χ1v) is 9.27. The Bertz CT molecular complexity index is 769. The number of anilines is 1. The highest BCUT2D eigenvalue weighted by Gasteiger charge is 2.35. The zero-order valence-corrected chi connectivity index (χ0v) is 15.0. The number of ether oxygens (including phenoxy) is 2. The molecule has 1 saturated heterocycles. The van der Waals surface area contributed by atoms with Gasteiger partial charge >= 0.3 is 0 Å². The SMILES string of the molecule is CCOc1ccc([C@@H]2Nc3ccccc3C(=O)N2C[C@H]2CCCO2)cc1. The summed E-state index contributed by atoms with van der Waals surface area (Å²) in [7, 11) is 0. The predicted octanol–water partition coefficient (Wildman–Crippen LogP) is 3.83. The normalized spacial score (nSPS) is 22.0. The van der Waals surface area contributed by atoms with Crippen LogP contribution in [0.3, 0.4) is 0 Å². The quantitative estimate of drug-likeness (QED) is 0.888. The number of nitrogens with zero attached hydrogens (tertiary/aromatic N) is 1. The minimum absolute atomic E-state index is 0.0498. The van der Waals surface area contributed by atoms with E-state index in [4.69, 9.17) is 9.47 Å². The Kier molecular flexibility index (Phi) is 4.80. The Morgan fingerprint density at radius 2 is 2.00 bits per heavy atom. The maximum absolute atomic E-state index is 13.2. The van der Waals surface area contributed by atoms with Gasteiger partial charge in [-0.2, -0.15) is 0 Å². The molecule has 1 fully saturated rings. The lowest BCUT2D eigenvalue weighted by molar-refractivity contribution is 0.0427. The van der Waals surface area contributed by atoms with Crippen LogP contribution in [-0.2, 0) is 4.74 Å². The minimum atomic E-state index is -0.211. The maximum atomic E-state index is 13.2. The summed E-state index contributed by atoms with van der Waals surface area (Å²) in [6.07, 6.45) is 1.96. The van der Waals surface area contributed by atoms with Crippen LogP contribution in [0.4, 0.5) is 5.69 Å². The highest BCUT2D eigenvalue weighted by molar-refractivity contribution is 6.01. The molecule has 136 valence electrons. The molecule has 5 heteroatoms. The number of para-hydroxylation sites is 1. The average Bonchev–Trinajstić information content (AvgIpc) is 3.18. The first-order chi connectivity index (χ1) is 12.8. The van der Waals surface area contributed by atoms with E-state index in [9.17, 15) is 4.79 Å². The third-order valence-corrected chi connectivity index (χ3v) is 4.95. The summed E-state index contributed by atoms with van der Waals surface area (Å²) in [6, 6.07) is 15.6. The van der Waals surface area contributed by atoms with Gasteiger partial charge in [0, 0.05) is 18.8 Å². The van der Waals surface area contributed by atoms with Crippen LogP contribution in [0.25, 0.3) is 0 Å². The smallest absolute Gasteiger partial charge is 0.257 e. The van der Waals surface area contributed by atoms with Crippen molar-refractivity contribution in [1.82, 2.24) is 4.90 Å². The van der Waals surface area contributed by atoms with E-state index in [1.54, 1.807) is 0 Å². The van der Waals surface area contributed by atoms with Crippen molar-refractivity contribution in [2.24, 2.45) is 0 Å². The number of hydrogen-bond acceptors (Lipinski definition) is 4. The van der Waals surface area contributed by atoms with E-state index in [0.717, 1.165) is 36.4 Å². The number of carbonyl (C=O) groups is 1. The van der Waals surface area contributed by atoms with Gasteiger partial charge in [0.25, 0.3) is 5.91 Å². The van der Waals surface area contributed by atoms with Gasteiger partial charge < -0.3 is 19.7 Å². The fourth-order valence-corrected chi connectivity index (χ4v) is 3.66. The Hall–Kier alpha value is -2.53. The Balaban J connectivity index is 1.65. The van der Waals surface area contributed by atoms with Crippen LogP contribution in [0.2, 0.25) is 0 Å². The molecular weight excluding hydrogens is 328 g/mol. The molecule has 1 amide bonds. The number of rotatable bonds is 5. The molecule has 1 N–H and O–H groups in total. The van der Waals surface area contributed by atoms with Crippen LogP contribution in [0, 0.1) is 0 Å². The zero-order chi connectivity index (χ0) is 17.9. The number of fused-ring (bicyclic) bond motifs is 1. The second kappa shape index (κ2) is 7.38. The van der Waals surface area contributed by atoms with Crippen molar-refractivity contribution < 1.29 is 14.3 Å². The number of hydrogen-bond donors (Lipinski definition) is 1. The number of amides is 1. The fourth-order valence-electron chi connectivity index (χ4n) is 3.66. The lowest BCUT2D eigenvalue weighted by Gasteiger charge is -2.39. The van der Waals surface area contributed by atoms with Crippen molar-refractivity contribution in [3.05, 3.63) is 59.7 Å². The van der Waals surface area contributed by atoms with E-state index < -0.39 is 0 Å². The third kappa shape index (κ3) is 3.27. The fraction of sp³-hybridized carbons (Fsp3) is 0.381. The van der Waals surface area contributed by atoms with E-state index in [1.165, 1.54) is 0 Å². The van der Waals surface area contributed by atoms with Crippen molar-refractivity contribution in [2.75, 3.05) is 25.1 Å². The summed E-state index contributed by atoms with van der Waals surface area (Å²) < 4.78 is 11.3. The molecule has 0 spiro atoms. The molecule has 2 aliphatic heterocycles. The van der Waals surface area contributed by atoms with Gasteiger partial charge in [-0.15, -0.1) is 0 Å². The Labute approximate surface area is 153 Å². The Morgan fingerprint density at radius 3 is 2.73 bits per heavy atom. The number of benzene rings is 2. The van der Waals surface area contributed by atoms with Gasteiger partial charge in [-0.05, 0) is 49.6 Å². The minimum Gasteiger partial charge on any atom is -0.494 e. The van der Waals surface area contributed by atoms with Crippen LogP contribution in [-0.4, -0.2) is 36.7 Å². The highest BCUT2D eigenvalue weighted by Crippen LogP contribution is 2.34. The van der Waals surface area contributed by atoms with Gasteiger partial charge in [0.1, 0.15) is 11.9 Å². The van der Waals surface area contributed by atoms with Gasteiger partial charge in [0.15, 0.2) is 0 Å². The van der Waals surface area contributed by atoms with E-state index in [1.807, 2.05) is 60.4 Å². The molecule has 26 heavy (non-hydrogen) atoms. The summed E-state index contributed by atoms with van der Waals surface area (Å²) in [6.45, 7) is 3.98. The van der Waals surface area contributed by atoms with Gasteiger partial charge in [0.05, 0.1) is 18.3 Å². The lowest BCUT2D eigenvalue weighted by atomic mass is 10.0. The van der Waals surface area contributed by atoms with Crippen LogP contribution in [0.5, 0.6) is 5.75 Å². The molecule has 2 aromatic carbocycles. The van der Waals surface area contributed by atoms with Crippen molar-refractivity contribution >= 4 is 11.6 Å². The highest BCUT2D eigenvalue weighted by atomic mass is 16.5. The predicted molar refractivity (Wildman–Crippen MR) is 100 cm³/mol. The molecule has 0 aromatic heterocycles. The second-order valence-electron chi connectivity index (χ2n) is 6.69. The molecule has 0 radical (unpaired) electrons. The Morgan fingerprint density at radius 1 is 1.19 bits per heavy atom. The molecule has 2 heterocycles. The molecule has 2 aliphatic rings. The van der Waals surface area contributed by atoms with Crippen molar-refractivity contribution in [1.29, 1.82) is 0 Å². The van der Waals surface area contributed by atoms with Gasteiger partial charge in [-0.1, -0.05) is 24.3 Å². The van der Waals surface area contributed by atoms with Gasteiger partial charge in [-0.25, -0.2) is 0 Å². The molecule has 4 rings (SSSR count). The van der Waals surface area contributed by atoms with Crippen LogP contribution < -0.4 is 10.1 Å². The maximum Gasteiger partial charge on any atom is 0.257 e. The summed E-state index contributed by atoms with van der Waals surface area (Å²) >= 11 is 0. The van der Waals surface area contributed by atoms with E-state index in [2.05, 4.69) is 5.32 Å². The number of nitrogens with one attached hydrogen (secondary N) is 1. The largest absolute Gasteiger partial charge is 0.494 e. The molecule has 2 atom stereocenters. The molecule has 0 aliphatic carbocycles. The molecule has 5 nitrogen and oxygen atoms in total. The standard InChI is InChI=1S/C21H24N2O3/c1-2-25-16-11-9-15(10-12-16)20-22-19-8-4-3-7-18(19)21(24)23(20)14-17-6-5-13-26-17/h3-4,7-12,17,20,22H,2,5-6,13-14H2,1H3/t17-,20-/m1/s1. The average molecular weight is 352 g/mol. The van der Waals surface area contributed by atoms with Crippen molar-refractivity contribution in [3.8, 4) is 5.75 Å². The molecule has 2 aromatic rings. The van der Waals surface area contributed by atoms with Crippen molar-refractivity contribution in [2.45, 2.75) is 32.0 Å². The molecule has 0 saturated carbocycles. The lowest BCUT2D eigenvalue weighted by Crippen LogP contribution is -2.46.